The first-order valence-corrected chi connectivity index (χ1v) is 13.0. The Morgan fingerprint density at radius 1 is 1.13 bits per heavy atom. The Morgan fingerprint density at radius 3 is 2.46 bits per heavy atom. The van der Waals surface area contributed by atoms with E-state index in [2.05, 4.69) is 17.0 Å². The number of benzene rings is 2. The third-order valence-corrected chi connectivity index (χ3v) is 7.37. The Morgan fingerprint density at radius 2 is 1.82 bits per heavy atom. The van der Waals surface area contributed by atoms with Gasteiger partial charge in [0.2, 0.25) is 5.91 Å². The number of halogens is 3. The van der Waals surface area contributed by atoms with E-state index in [-0.39, 0.29) is 24.1 Å². The minimum atomic E-state index is -4.65. The SMILES string of the molecule is C=C(O)CCc1cccc(NC(=O)C(c2ccc(Cn3nc(C(F)(F)F)ccc3=O)cc2)C2CCCC2)c1C. The van der Waals surface area contributed by atoms with Crippen molar-refractivity contribution in [1.82, 2.24) is 9.78 Å². The summed E-state index contributed by atoms with van der Waals surface area (Å²) in [5.41, 5.74) is 2.34. The van der Waals surface area contributed by atoms with E-state index < -0.39 is 23.3 Å². The number of alkyl halides is 3. The molecule has 39 heavy (non-hydrogen) atoms. The van der Waals surface area contributed by atoms with Crippen molar-refractivity contribution in [2.24, 2.45) is 5.92 Å². The van der Waals surface area contributed by atoms with Crippen molar-refractivity contribution in [2.75, 3.05) is 5.32 Å². The van der Waals surface area contributed by atoms with Crippen LogP contribution in [0.2, 0.25) is 0 Å². The predicted octanol–water partition coefficient (Wildman–Crippen LogP) is 6.54. The summed E-state index contributed by atoms with van der Waals surface area (Å²) in [7, 11) is 0. The number of hydrogen-bond donors (Lipinski definition) is 2. The smallest absolute Gasteiger partial charge is 0.435 e. The number of aryl methyl sites for hydroxylation is 1. The molecule has 2 N–H and O–H groups in total. The number of nitrogens with one attached hydrogen (secondary N) is 1. The maximum Gasteiger partial charge on any atom is 0.435 e. The molecule has 206 valence electrons. The Balaban J connectivity index is 1.55. The van der Waals surface area contributed by atoms with Crippen LogP contribution in [0.3, 0.4) is 0 Å². The van der Waals surface area contributed by atoms with Crippen LogP contribution in [0.15, 0.2) is 71.7 Å². The fraction of sp³-hybridized carbons (Fsp3) is 0.367. The lowest BCUT2D eigenvalue weighted by Crippen LogP contribution is -2.27. The number of amides is 1. The van der Waals surface area contributed by atoms with Crippen LogP contribution in [0.25, 0.3) is 0 Å². The predicted molar refractivity (Wildman–Crippen MR) is 144 cm³/mol. The normalized spacial score (nSPS) is 14.8. The molecule has 0 spiro atoms. The number of rotatable bonds is 9. The van der Waals surface area contributed by atoms with Crippen LogP contribution < -0.4 is 10.9 Å². The zero-order valence-corrected chi connectivity index (χ0v) is 21.8. The molecule has 1 aromatic heterocycles. The summed E-state index contributed by atoms with van der Waals surface area (Å²) in [6.07, 6.45) is 0.376. The van der Waals surface area contributed by atoms with Gasteiger partial charge in [-0.2, -0.15) is 18.3 Å². The van der Waals surface area contributed by atoms with Gasteiger partial charge in [-0.25, -0.2) is 4.68 Å². The summed E-state index contributed by atoms with van der Waals surface area (Å²) >= 11 is 0. The molecule has 3 aromatic rings. The highest BCUT2D eigenvalue weighted by Gasteiger charge is 2.34. The van der Waals surface area contributed by atoms with Gasteiger partial charge in [0.05, 0.1) is 18.2 Å². The first-order valence-electron chi connectivity index (χ1n) is 13.0. The Bertz CT molecular complexity index is 1390. The van der Waals surface area contributed by atoms with Gasteiger partial charge in [0.15, 0.2) is 5.69 Å². The third kappa shape index (κ3) is 6.96. The topological polar surface area (TPSA) is 84.2 Å². The number of aromatic nitrogens is 2. The molecule has 1 unspecified atom stereocenters. The van der Waals surface area contributed by atoms with Crippen LogP contribution in [-0.2, 0) is 23.9 Å². The number of aliphatic hydroxyl groups excluding tert-OH is 1. The lowest BCUT2D eigenvalue weighted by atomic mass is 9.83. The number of carbonyl (C=O) groups excluding carboxylic acids is 1. The van der Waals surface area contributed by atoms with Crippen molar-refractivity contribution in [1.29, 1.82) is 0 Å². The van der Waals surface area contributed by atoms with E-state index >= 15 is 0 Å². The number of allylic oxidation sites excluding steroid dienone is 1. The quantitative estimate of drug-likeness (QED) is 0.303. The van der Waals surface area contributed by atoms with Crippen LogP contribution in [-0.4, -0.2) is 20.8 Å². The fourth-order valence-electron chi connectivity index (χ4n) is 5.22. The molecule has 0 saturated heterocycles. The molecule has 1 saturated carbocycles. The molecule has 1 aliphatic rings. The van der Waals surface area contributed by atoms with Gasteiger partial charge < -0.3 is 10.4 Å². The van der Waals surface area contributed by atoms with Crippen LogP contribution in [0.5, 0.6) is 0 Å². The van der Waals surface area contributed by atoms with E-state index in [4.69, 9.17) is 0 Å². The first-order chi connectivity index (χ1) is 18.5. The maximum absolute atomic E-state index is 13.7. The van der Waals surface area contributed by atoms with Crippen molar-refractivity contribution in [3.8, 4) is 0 Å². The maximum atomic E-state index is 13.7. The van der Waals surface area contributed by atoms with E-state index in [0.717, 1.165) is 58.8 Å². The largest absolute Gasteiger partial charge is 0.513 e. The van der Waals surface area contributed by atoms with Crippen LogP contribution in [0.4, 0.5) is 18.9 Å². The van der Waals surface area contributed by atoms with Crippen molar-refractivity contribution in [3.05, 3.63) is 105 Å². The van der Waals surface area contributed by atoms with Crippen LogP contribution in [0, 0.1) is 12.8 Å². The monoisotopic (exact) mass is 539 g/mol. The molecule has 0 radical (unpaired) electrons. The number of hydrogen-bond acceptors (Lipinski definition) is 4. The van der Waals surface area contributed by atoms with Gasteiger partial charge in [0.25, 0.3) is 5.56 Å². The summed E-state index contributed by atoms with van der Waals surface area (Å²) in [6.45, 7) is 5.36. The standard InChI is InChI=1S/C30H32F3N3O3/c1-19(37)10-13-22-8-5-9-25(20(22)2)34-29(39)28(23-6-3-4-7-23)24-14-11-21(12-15-24)18-36-27(38)17-16-26(35-36)30(31,32)33/h5,8-9,11-12,14-17,23,28,37H,1,3-4,6-7,10,13,18H2,2H3,(H,34,39). The van der Waals surface area contributed by atoms with E-state index in [1.807, 2.05) is 37.3 Å². The van der Waals surface area contributed by atoms with Gasteiger partial charge in [0.1, 0.15) is 0 Å². The molecule has 1 aliphatic carbocycles. The molecule has 0 bridgehead atoms. The van der Waals surface area contributed by atoms with Crippen molar-refractivity contribution >= 4 is 11.6 Å². The van der Waals surface area contributed by atoms with E-state index in [0.29, 0.717) is 24.5 Å². The van der Waals surface area contributed by atoms with Crippen molar-refractivity contribution < 1.29 is 23.1 Å². The average Bonchev–Trinajstić information content (AvgIpc) is 3.40. The number of carbonyl (C=O) groups is 1. The summed E-state index contributed by atoms with van der Waals surface area (Å²) in [5.74, 6) is -0.222. The minimum Gasteiger partial charge on any atom is -0.513 e. The highest BCUT2D eigenvalue weighted by Crippen LogP contribution is 2.38. The van der Waals surface area contributed by atoms with Gasteiger partial charge in [-0.3, -0.25) is 9.59 Å². The zero-order chi connectivity index (χ0) is 28.2. The average molecular weight is 540 g/mol. The number of aliphatic hydroxyl groups is 1. The fourth-order valence-corrected chi connectivity index (χ4v) is 5.22. The van der Waals surface area contributed by atoms with E-state index in [9.17, 15) is 27.9 Å². The molecule has 1 amide bonds. The van der Waals surface area contributed by atoms with Gasteiger partial charge >= 0.3 is 6.18 Å². The summed E-state index contributed by atoms with van der Waals surface area (Å²) in [6, 6.07) is 14.3. The summed E-state index contributed by atoms with van der Waals surface area (Å²) in [4.78, 5) is 25.8. The number of nitrogens with zero attached hydrogens (tertiary/aromatic N) is 2. The van der Waals surface area contributed by atoms with Gasteiger partial charge in [-0.05, 0) is 66.5 Å². The molecular formula is C30H32F3N3O3. The number of anilines is 1. The molecule has 1 fully saturated rings. The molecule has 0 aliphatic heterocycles. The van der Waals surface area contributed by atoms with E-state index in [1.165, 1.54) is 0 Å². The summed E-state index contributed by atoms with van der Waals surface area (Å²) < 4.78 is 39.9. The first kappa shape index (κ1) is 28.1. The third-order valence-electron chi connectivity index (χ3n) is 7.37. The molecule has 2 aromatic carbocycles. The van der Waals surface area contributed by atoms with Gasteiger partial charge in [0, 0.05) is 18.2 Å². The highest BCUT2D eigenvalue weighted by molar-refractivity contribution is 5.96. The zero-order valence-electron chi connectivity index (χ0n) is 21.8. The van der Waals surface area contributed by atoms with Gasteiger partial charge in [-0.15, -0.1) is 0 Å². The molecule has 9 heteroatoms. The minimum absolute atomic E-state index is 0.113. The second-order valence-corrected chi connectivity index (χ2v) is 10.1. The van der Waals surface area contributed by atoms with Gasteiger partial charge in [-0.1, -0.05) is 55.8 Å². The molecule has 1 atom stereocenters. The van der Waals surface area contributed by atoms with Crippen molar-refractivity contribution in [2.45, 2.75) is 64.1 Å². The lowest BCUT2D eigenvalue weighted by Gasteiger charge is -2.24. The summed E-state index contributed by atoms with van der Waals surface area (Å²) in [5, 5.41) is 16.0. The second kappa shape index (κ2) is 11.9. The molecule has 4 rings (SSSR count). The van der Waals surface area contributed by atoms with E-state index in [1.54, 1.807) is 12.1 Å². The van der Waals surface area contributed by atoms with Crippen LogP contribution >= 0.6 is 0 Å². The Labute approximate surface area is 225 Å². The Hall–Kier alpha value is -3.88. The highest BCUT2D eigenvalue weighted by atomic mass is 19.4. The second-order valence-electron chi connectivity index (χ2n) is 10.1. The Kier molecular flexibility index (Phi) is 8.57. The van der Waals surface area contributed by atoms with Crippen molar-refractivity contribution in [3.63, 3.8) is 0 Å². The lowest BCUT2D eigenvalue weighted by molar-refractivity contribution is -0.142. The molecule has 6 nitrogen and oxygen atoms in total. The molecule has 1 heterocycles. The van der Waals surface area contributed by atoms with Crippen LogP contribution in [0.1, 0.15) is 66.0 Å². The molecular weight excluding hydrogens is 507 g/mol.